The van der Waals surface area contributed by atoms with Gasteiger partial charge in [0.25, 0.3) is 10.0 Å². The molecule has 2 amide bonds. The molecule has 3 aromatic carbocycles. The van der Waals surface area contributed by atoms with Crippen molar-refractivity contribution in [2.24, 2.45) is 0 Å². The molecule has 0 aliphatic carbocycles. The molecule has 0 bridgehead atoms. The van der Waals surface area contributed by atoms with E-state index in [2.05, 4.69) is 5.32 Å². The number of nitrogens with zero attached hydrogens (tertiary/aromatic N) is 2. The van der Waals surface area contributed by atoms with Crippen LogP contribution in [-0.2, 0) is 26.2 Å². The maximum absolute atomic E-state index is 14.1. The maximum atomic E-state index is 14.1. The van der Waals surface area contributed by atoms with Gasteiger partial charge in [-0.05, 0) is 66.9 Å². The molecule has 43 heavy (non-hydrogen) atoms. The molecule has 0 aliphatic rings. The smallest absolute Gasteiger partial charge is 0.264 e. The number of amides is 2. The molecule has 0 fully saturated rings. The van der Waals surface area contributed by atoms with E-state index >= 15 is 0 Å². The monoisotopic (exact) mass is 633 g/mol. The van der Waals surface area contributed by atoms with E-state index in [-0.39, 0.29) is 35.2 Å². The van der Waals surface area contributed by atoms with E-state index in [1.54, 1.807) is 31.2 Å². The number of unbranched alkanes of at least 4 members (excludes halogenated alkanes) is 1. The van der Waals surface area contributed by atoms with E-state index in [0.29, 0.717) is 22.9 Å². The van der Waals surface area contributed by atoms with Gasteiger partial charge >= 0.3 is 0 Å². The summed E-state index contributed by atoms with van der Waals surface area (Å²) in [4.78, 5) is 28.5. The Kier molecular flexibility index (Phi) is 12.2. The maximum Gasteiger partial charge on any atom is 0.264 e. The highest BCUT2D eigenvalue weighted by atomic mass is 35.5. The largest absolute Gasteiger partial charge is 0.493 e. The summed E-state index contributed by atoms with van der Waals surface area (Å²) in [6, 6.07) is 14.8. The summed E-state index contributed by atoms with van der Waals surface area (Å²) in [5.74, 6) is -1.04. The van der Waals surface area contributed by atoms with Crippen LogP contribution in [0.4, 0.5) is 10.1 Å². The third-order valence-corrected chi connectivity index (χ3v) is 8.84. The Morgan fingerprint density at radius 3 is 2.19 bits per heavy atom. The second-order valence-corrected chi connectivity index (χ2v) is 12.0. The summed E-state index contributed by atoms with van der Waals surface area (Å²) in [5, 5.41) is 3.39. The van der Waals surface area contributed by atoms with Crippen LogP contribution in [0.5, 0.6) is 11.5 Å². The average molecular weight is 634 g/mol. The Labute approximate surface area is 257 Å². The van der Waals surface area contributed by atoms with E-state index in [4.69, 9.17) is 21.1 Å². The molecule has 0 saturated heterocycles. The molecule has 0 heterocycles. The molecule has 0 saturated carbocycles. The molecular weight excluding hydrogens is 597 g/mol. The highest BCUT2D eigenvalue weighted by Gasteiger charge is 2.34. The van der Waals surface area contributed by atoms with Gasteiger partial charge in [0.15, 0.2) is 11.5 Å². The predicted octanol–water partition coefficient (Wildman–Crippen LogP) is 5.42. The number of benzene rings is 3. The van der Waals surface area contributed by atoms with Gasteiger partial charge in [0.2, 0.25) is 11.8 Å². The Morgan fingerprint density at radius 1 is 0.953 bits per heavy atom. The van der Waals surface area contributed by atoms with Crippen molar-refractivity contribution in [2.75, 3.05) is 31.6 Å². The summed E-state index contributed by atoms with van der Waals surface area (Å²) in [7, 11) is -1.59. The minimum absolute atomic E-state index is 0.0311. The number of anilines is 1. The van der Waals surface area contributed by atoms with E-state index in [1.807, 2.05) is 6.92 Å². The molecule has 0 radical (unpaired) electrons. The molecule has 12 heteroatoms. The molecule has 1 N–H and O–H groups in total. The summed E-state index contributed by atoms with van der Waals surface area (Å²) in [6.45, 7) is 3.61. The standard InChI is InChI=1S/C31H37ClFN3O6S/c1-5-7-18-34-31(38)27(6-2)35(20-22-8-10-23(32)11-9-22)30(37)21-36(25-14-12-24(33)13-15-25)43(39,40)26-16-17-28(41-3)29(19-26)42-4/h8-17,19,27H,5-7,18,20-21H2,1-4H3,(H,34,38). The normalized spacial score (nSPS) is 11.9. The van der Waals surface area contributed by atoms with E-state index < -0.39 is 34.3 Å². The molecule has 3 rings (SSSR count). The summed E-state index contributed by atoms with van der Waals surface area (Å²) in [5.41, 5.74) is 0.769. The minimum atomic E-state index is -4.39. The van der Waals surface area contributed by atoms with Crippen LogP contribution in [0.2, 0.25) is 5.02 Å². The number of hydrogen-bond donors (Lipinski definition) is 1. The van der Waals surface area contributed by atoms with Gasteiger partial charge in [-0.3, -0.25) is 13.9 Å². The number of halogens is 2. The van der Waals surface area contributed by atoms with E-state index in [1.165, 1.54) is 49.5 Å². The molecule has 1 unspecified atom stereocenters. The zero-order valence-corrected chi connectivity index (χ0v) is 26.3. The lowest BCUT2D eigenvalue weighted by molar-refractivity contribution is -0.140. The van der Waals surface area contributed by atoms with Crippen molar-refractivity contribution in [1.82, 2.24) is 10.2 Å². The third-order valence-electron chi connectivity index (χ3n) is 6.82. The second kappa shape index (κ2) is 15.6. The van der Waals surface area contributed by atoms with Crippen LogP contribution in [0.15, 0.2) is 71.6 Å². The van der Waals surface area contributed by atoms with Crippen molar-refractivity contribution in [1.29, 1.82) is 0 Å². The first-order chi connectivity index (χ1) is 20.5. The van der Waals surface area contributed by atoms with Crippen molar-refractivity contribution in [3.63, 3.8) is 0 Å². The number of methoxy groups -OCH3 is 2. The van der Waals surface area contributed by atoms with Crippen molar-refractivity contribution in [3.8, 4) is 11.5 Å². The number of hydrogen-bond acceptors (Lipinski definition) is 6. The van der Waals surface area contributed by atoms with Crippen LogP contribution in [0.3, 0.4) is 0 Å². The first-order valence-corrected chi connectivity index (χ1v) is 15.7. The molecule has 0 aromatic heterocycles. The Hall–Kier alpha value is -3.83. The molecule has 232 valence electrons. The third kappa shape index (κ3) is 8.61. The highest BCUT2D eigenvalue weighted by Crippen LogP contribution is 2.32. The molecule has 9 nitrogen and oxygen atoms in total. The quantitative estimate of drug-likeness (QED) is 0.224. The summed E-state index contributed by atoms with van der Waals surface area (Å²) >= 11 is 6.06. The zero-order valence-electron chi connectivity index (χ0n) is 24.7. The van der Waals surface area contributed by atoms with Crippen molar-refractivity contribution >= 4 is 39.1 Å². The van der Waals surface area contributed by atoms with Crippen LogP contribution in [-0.4, -0.2) is 58.5 Å². The van der Waals surface area contributed by atoms with Crippen LogP contribution < -0.4 is 19.1 Å². The van der Waals surface area contributed by atoms with E-state index in [9.17, 15) is 22.4 Å². The van der Waals surface area contributed by atoms with Gasteiger partial charge in [-0.2, -0.15) is 0 Å². The molecule has 0 spiro atoms. The lowest BCUT2D eigenvalue weighted by atomic mass is 10.1. The average Bonchev–Trinajstić information content (AvgIpc) is 3.00. The first-order valence-electron chi connectivity index (χ1n) is 13.9. The van der Waals surface area contributed by atoms with Gasteiger partial charge in [-0.15, -0.1) is 0 Å². The number of rotatable bonds is 15. The van der Waals surface area contributed by atoms with Crippen molar-refractivity contribution in [3.05, 3.63) is 83.1 Å². The molecular formula is C31H37ClFN3O6S. The van der Waals surface area contributed by atoms with Gasteiger partial charge in [0.05, 0.1) is 24.8 Å². The number of sulfonamides is 1. The summed E-state index contributed by atoms with van der Waals surface area (Å²) < 4.78 is 53.4. The molecule has 3 aromatic rings. The number of nitrogens with one attached hydrogen (secondary N) is 1. The van der Waals surface area contributed by atoms with Crippen molar-refractivity contribution in [2.45, 2.75) is 50.6 Å². The van der Waals surface area contributed by atoms with Gasteiger partial charge in [0, 0.05) is 24.2 Å². The van der Waals surface area contributed by atoms with Gasteiger partial charge in [-0.1, -0.05) is 44.0 Å². The molecule has 0 aliphatic heterocycles. The number of ether oxygens (including phenoxy) is 2. The van der Waals surface area contributed by atoms with Crippen molar-refractivity contribution < 1.29 is 31.9 Å². The fourth-order valence-electron chi connectivity index (χ4n) is 4.45. The minimum Gasteiger partial charge on any atom is -0.493 e. The zero-order chi connectivity index (χ0) is 31.6. The Bertz CT molecular complexity index is 1490. The van der Waals surface area contributed by atoms with Crippen LogP contribution >= 0.6 is 11.6 Å². The lowest BCUT2D eigenvalue weighted by Gasteiger charge is -2.33. The Balaban J connectivity index is 2.06. The first kappa shape index (κ1) is 33.7. The van der Waals surface area contributed by atoms with E-state index in [0.717, 1.165) is 29.3 Å². The highest BCUT2D eigenvalue weighted by molar-refractivity contribution is 7.92. The summed E-state index contributed by atoms with van der Waals surface area (Å²) in [6.07, 6.45) is 1.94. The molecule has 1 atom stereocenters. The number of carbonyl (C=O) groups is 2. The fraction of sp³-hybridized carbons (Fsp3) is 0.355. The lowest BCUT2D eigenvalue weighted by Crippen LogP contribution is -2.52. The van der Waals surface area contributed by atoms with Gasteiger partial charge in [0.1, 0.15) is 18.4 Å². The van der Waals surface area contributed by atoms with Crippen LogP contribution in [0.1, 0.15) is 38.7 Å². The van der Waals surface area contributed by atoms with Gasteiger partial charge < -0.3 is 19.7 Å². The van der Waals surface area contributed by atoms with Crippen LogP contribution in [0.25, 0.3) is 0 Å². The van der Waals surface area contributed by atoms with Crippen LogP contribution in [0, 0.1) is 5.82 Å². The number of carbonyl (C=O) groups excluding carboxylic acids is 2. The fourth-order valence-corrected chi connectivity index (χ4v) is 6.01. The predicted molar refractivity (Wildman–Crippen MR) is 164 cm³/mol. The topological polar surface area (TPSA) is 105 Å². The SMILES string of the molecule is CCCCNC(=O)C(CC)N(Cc1ccc(Cl)cc1)C(=O)CN(c1ccc(F)cc1)S(=O)(=O)c1ccc(OC)c(OC)c1. The Morgan fingerprint density at radius 2 is 1.60 bits per heavy atom. The van der Waals surface area contributed by atoms with Gasteiger partial charge in [-0.25, -0.2) is 12.8 Å². The second-order valence-electron chi connectivity index (χ2n) is 9.72.